The molecular formula is C15H15N5O2. The fourth-order valence-corrected chi connectivity index (χ4v) is 1.84. The van der Waals surface area contributed by atoms with E-state index in [1.807, 2.05) is 0 Å². The highest BCUT2D eigenvalue weighted by Crippen LogP contribution is 2.14. The average molecular weight is 297 g/mol. The van der Waals surface area contributed by atoms with Gasteiger partial charge in [-0.25, -0.2) is 0 Å². The van der Waals surface area contributed by atoms with Gasteiger partial charge in [0.2, 0.25) is 5.71 Å². The van der Waals surface area contributed by atoms with E-state index in [1.165, 1.54) is 0 Å². The zero-order valence-corrected chi connectivity index (χ0v) is 12.5. The van der Waals surface area contributed by atoms with Gasteiger partial charge in [0.25, 0.3) is 0 Å². The van der Waals surface area contributed by atoms with Gasteiger partial charge in [-0.2, -0.15) is 20.1 Å². The Bertz CT molecular complexity index is 753. The summed E-state index contributed by atoms with van der Waals surface area (Å²) in [4.78, 5) is 12.2. The minimum absolute atomic E-state index is 0.276. The summed E-state index contributed by atoms with van der Waals surface area (Å²) in [7, 11) is 1.57. The lowest BCUT2D eigenvalue weighted by atomic mass is 10.3. The van der Waals surface area contributed by atoms with E-state index in [1.54, 1.807) is 57.4 Å². The van der Waals surface area contributed by atoms with Crippen molar-refractivity contribution in [2.45, 2.75) is 13.8 Å². The number of benzene rings is 1. The van der Waals surface area contributed by atoms with Crippen LogP contribution in [0.4, 0.5) is 5.69 Å². The van der Waals surface area contributed by atoms with Crippen molar-refractivity contribution < 1.29 is 9.53 Å². The van der Waals surface area contributed by atoms with E-state index in [9.17, 15) is 4.79 Å². The molecule has 2 aromatic rings. The van der Waals surface area contributed by atoms with E-state index in [2.05, 4.69) is 15.6 Å². The van der Waals surface area contributed by atoms with Gasteiger partial charge in [-0.3, -0.25) is 10.2 Å². The Labute approximate surface area is 127 Å². The van der Waals surface area contributed by atoms with Gasteiger partial charge in [-0.15, -0.1) is 0 Å². The lowest BCUT2D eigenvalue weighted by Gasteiger charge is -2.04. The van der Waals surface area contributed by atoms with E-state index in [0.29, 0.717) is 22.8 Å². The van der Waals surface area contributed by atoms with Gasteiger partial charge >= 0.3 is 5.91 Å². The van der Waals surface area contributed by atoms with Crippen LogP contribution in [0, 0.1) is 25.2 Å². The van der Waals surface area contributed by atoms with Gasteiger partial charge < -0.3 is 4.74 Å². The zero-order chi connectivity index (χ0) is 16.1. The van der Waals surface area contributed by atoms with Crippen molar-refractivity contribution in [1.82, 2.24) is 9.78 Å². The lowest BCUT2D eigenvalue weighted by Crippen LogP contribution is -2.23. The Kier molecular flexibility index (Phi) is 4.53. The van der Waals surface area contributed by atoms with Crippen molar-refractivity contribution >= 4 is 17.3 Å². The van der Waals surface area contributed by atoms with Gasteiger partial charge in [0, 0.05) is 5.69 Å². The third-order valence-corrected chi connectivity index (χ3v) is 2.90. The molecule has 0 atom stereocenters. The molecule has 0 spiro atoms. The molecule has 0 radical (unpaired) electrons. The number of aromatic nitrogens is 2. The first-order chi connectivity index (χ1) is 10.5. The van der Waals surface area contributed by atoms with Crippen LogP contribution >= 0.6 is 0 Å². The molecule has 0 unspecified atom stereocenters. The predicted octanol–water partition coefficient (Wildman–Crippen LogP) is 2.14. The van der Waals surface area contributed by atoms with Crippen LogP contribution in [0.25, 0.3) is 0 Å². The Morgan fingerprint density at radius 1 is 1.36 bits per heavy atom. The average Bonchev–Trinajstić information content (AvgIpc) is 2.87. The molecule has 0 fully saturated rings. The number of carbonyl (C=O) groups is 1. The van der Waals surface area contributed by atoms with Crippen molar-refractivity contribution in [1.29, 1.82) is 5.26 Å². The van der Waals surface area contributed by atoms with Crippen molar-refractivity contribution in [3.05, 3.63) is 41.7 Å². The molecule has 0 aliphatic carbocycles. The number of hydrogen-bond acceptors (Lipinski definition) is 6. The summed E-state index contributed by atoms with van der Waals surface area (Å²) in [5.41, 5.74) is 4.38. The summed E-state index contributed by atoms with van der Waals surface area (Å²) in [6.07, 6.45) is 0. The third kappa shape index (κ3) is 3.30. The molecular weight excluding hydrogens is 282 g/mol. The highest BCUT2D eigenvalue weighted by molar-refractivity contribution is 6.45. The first kappa shape index (κ1) is 15.3. The topological polar surface area (TPSA) is 92.3 Å². The number of carbonyl (C=O) groups excluding carboxylic acids is 1. The van der Waals surface area contributed by atoms with Crippen LogP contribution in [0.3, 0.4) is 0 Å². The first-order valence-corrected chi connectivity index (χ1v) is 6.51. The number of aryl methyl sites for hydroxylation is 2. The quantitative estimate of drug-likeness (QED) is 0.689. The van der Waals surface area contributed by atoms with Crippen LogP contribution in [0.5, 0.6) is 5.75 Å². The van der Waals surface area contributed by atoms with E-state index in [4.69, 9.17) is 10.00 Å². The maximum Gasteiger partial charge on any atom is 0.309 e. The fourth-order valence-electron chi connectivity index (χ4n) is 1.84. The summed E-state index contributed by atoms with van der Waals surface area (Å²) in [6.45, 7) is 3.51. The molecule has 22 heavy (non-hydrogen) atoms. The van der Waals surface area contributed by atoms with Crippen LogP contribution in [0.1, 0.15) is 16.2 Å². The van der Waals surface area contributed by atoms with E-state index >= 15 is 0 Å². The van der Waals surface area contributed by atoms with Gasteiger partial charge in [0.1, 0.15) is 11.8 Å². The Morgan fingerprint density at radius 2 is 2.05 bits per heavy atom. The number of hydrazone groups is 1. The van der Waals surface area contributed by atoms with E-state index in [-0.39, 0.29) is 5.71 Å². The van der Waals surface area contributed by atoms with Gasteiger partial charge in [0.15, 0.2) is 0 Å². The largest absolute Gasteiger partial charge is 0.497 e. The third-order valence-electron chi connectivity index (χ3n) is 2.90. The molecule has 0 aliphatic rings. The minimum Gasteiger partial charge on any atom is -0.497 e. The van der Waals surface area contributed by atoms with Crippen LogP contribution in [-0.2, 0) is 0 Å². The minimum atomic E-state index is -0.575. The molecule has 2 rings (SSSR count). The molecule has 0 saturated carbocycles. The smallest absolute Gasteiger partial charge is 0.309 e. The zero-order valence-electron chi connectivity index (χ0n) is 12.5. The van der Waals surface area contributed by atoms with Gasteiger partial charge in [0.05, 0.1) is 18.5 Å². The molecule has 1 aromatic carbocycles. The number of nitrogens with zero attached hydrogens (tertiary/aromatic N) is 4. The molecule has 0 saturated heterocycles. The number of anilines is 1. The first-order valence-electron chi connectivity index (χ1n) is 6.51. The SMILES string of the molecule is COc1ccc(N/N=C(/C#N)C(=O)n2nc(C)cc2C)cc1. The summed E-state index contributed by atoms with van der Waals surface area (Å²) in [5, 5.41) is 17.0. The van der Waals surface area contributed by atoms with Gasteiger partial charge in [-0.05, 0) is 44.2 Å². The number of ether oxygens (including phenoxy) is 1. The van der Waals surface area contributed by atoms with E-state index in [0.717, 1.165) is 4.68 Å². The summed E-state index contributed by atoms with van der Waals surface area (Å²) in [5.74, 6) is 0.128. The Balaban J connectivity index is 2.18. The van der Waals surface area contributed by atoms with E-state index < -0.39 is 5.91 Å². The van der Waals surface area contributed by atoms with Crippen molar-refractivity contribution in [3.8, 4) is 11.8 Å². The number of nitrogens with one attached hydrogen (secondary N) is 1. The second-order valence-electron chi connectivity index (χ2n) is 4.56. The molecule has 1 heterocycles. The Hall–Kier alpha value is -3.14. The fraction of sp³-hybridized carbons (Fsp3) is 0.200. The van der Waals surface area contributed by atoms with Crippen LogP contribution < -0.4 is 10.2 Å². The molecule has 7 heteroatoms. The van der Waals surface area contributed by atoms with Crippen molar-refractivity contribution in [3.63, 3.8) is 0 Å². The molecule has 0 amide bonds. The molecule has 0 aliphatic heterocycles. The Morgan fingerprint density at radius 3 is 2.55 bits per heavy atom. The molecule has 1 N–H and O–H groups in total. The maximum absolute atomic E-state index is 12.2. The molecule has 112 valence electrons. The maximum atomic E-state index is 12.2. The van der Waals surface area contributed by atoms with Crippen molar-refractivity contribution in [2.75, 3.05) is 12.5 Å². The molecule has 1 aromatic heterocycles. The number of nitriles is 1. The van der Waals surface area contributed by atoms with Crippen LogP contribution in [0.2, 0.25) is 0 Å². The highest BCUT2D eigenvalue weighted by Gasteiger charge is 2.17. The predicted molar refractivity (Wildman–Crippen MR) is 82.0 cm³/mol. The number of methoxy groups -OCH3 is 1. The van der Waals surface area contributed by atoms with Crippen LogP contribution in [-0.4, -0.2) is 28.5 Å². The molecule has 0 bridgehead atoms. The molecule has 7 nitrogen and oxygen atoms in total. The highest BCUT2D eigenvalue weighted by atomic mass is 16.5. The van der Waals surface area contributed by atoms with Gasteiger partial charge in [-0.1, -0.05) is 0 Å². The van der Waals surface area contributed by atoms with Crippen LogP contribution in [0.15, 0.2) is 35.4 Å². The van der Waals surface area contributed by atoms with Crippen molar-refractivity contribution in [2.24, 2.45) is 5.10 Å². The summed E-state index contributed by atoms with van der Waals surface area (Å²) >= 11 is 0. The second-order valence-corrected chi connectivity index (χ2v) is 4.56. The summed E-state index contributed by atoms with van der Waals surface area (Å²) in [6, 6.07) is 10.5. The number of rotatable bonds is 4. The lowest BCUT2D eigenvalue weighted by molar-refractivity contribution is 0.0974. The normalized spacial score (nSPS) is 10.9. The second kappa shape index (κ2) is 6.54. The standard InChI is InChI=1S/C15H15N5O2/c1-10-8-11(2)20(19-10)15(21)14(9-16)18-17-12-4-6-13(22-3)7-5-12/h4-8,17H,1-3H3/b18-14-. The number of hydrogen-bond donors (Lipinski definition) is 1. The summed E-state index contributed by atoms with van der Waals surface area (Å²) < 4.78 is 6.21. The monoisotopic (exact) mass is 297 g/mol.